The van der Waals surface area contributed by atoms with E-state index < -0.39 is 28.2 Å². The molecule has 2 N–H and O–H groups in total. The van der Waals surface area contributed by atoms with Gasteiger partial charge in [0.15, 0.2) is 15.4 Å². The zero-order valence-electron chi connectivity index (χ0n) is 12.7. The van der Waals surface area contributed by atoms with Gasteiger partial charge in [-0.2, -0.15) is 13.2 Å². The highest BCUT2D eigenvalue weighted by Crippen LogP contribution is 2.32. The van der Waals surface area contributed by atoms with Crippen LogP contribution in [-0.4, -0.2) is 37.6 Å². The first-order valence-corrected chi connectivity index (χ1v) is 8.99. The van der Waals surface area contributed by atoms with Crippen molar-refractivity contribution in [2.24, 2.45) is 0 Å². The summed E-state index contributed by atoms with van der Waals surface area (Å²) in [5.41, 5.74) is -2.81. The Hall–Kier alpha value is -0.990. The molecule has 0 aromatic heterocycles. The van der Waals surface area contributed by atoms with Crippen LogP contribution in [0.2, 0.25) is 5.02 Å². The second-order valence-electron chi connectivity index (χ2n) is 5.44. The summed E-state index contributed by atoms with van der Waals surface area (Å²) in [5, 5.41) is 11.7. The van der Waals surface area contributed by atoms with E-state index in [9.17, 15) is 26.7 Å². The van der Waals surface area contributed by atoms with Gasteiger partial charge in [0.05, 0.1) is 27.9 Å². The van der Waals surface area contributed by atoms with Gasteiger partial charge in [-0.25, -0.2) is 8.42 Å². The lowest BCUT2D eigenvalue weighted by molar-refractivity contribution is -0.246. The van der Waals surface area contributed by atoms with Crippen LogP contribution in [0.4, 0.5) is 18.9 Å². The molecule has 1 atom stereocenters. The summed E-state index contributed by atoms with van der Waals surface area (Å²) in [6.07, 6.45) is -3.57. The highest BCUT2D eigenvalue weighted by molar-refractivity contribution is 7.91. The largest absolute Gasteiger partial charge is 0.418 e. The van der Waals surface area contributed by atoms with Gasteiger partial charge in [-0.05, 0) is 31.5 Å². The molecule has 1 aromatic carbocycles. The SMILES string of the molecule is CCCCS(=O)(=O)c1ccc(NC[C@@](C)(O)C(F)(F)F)c(Cl)c1. The molecule has 132 valence electrons. The molecule has 0 radical (unpaired) electrons. The van der Waals surface area contributed by atoms with Crippen molar-refractivity contribution >= 4 is 27.1 Å². The average molecular weight is 374 g/mol. The number of alkyl halides is 3. The number of sulfone groups is 1. The van der Waals surface area contributed by atoms with Crippen molar-refractivity contribution in [1.29, 1.82) is 0 Å². The zero-order chi connectivity index (χ0) is 17.9. The number of hydrogen-bond donors (Lipinski definition) is 2. The van der Waals surface area contributed by atoms with Crippen LogP contribution in [0.15, 0.2) is 23.1 Å². The van der Waals surface area contributed by atoms with Crippen molar-refractivity contribution in [3.63, 3.8) is 0 Å². The van der Waals surface area contributed by atoms with Crippen molar-refractivity contribution in [2.45, 2.75) is 43.4 Å². The Morgan fingerprint density at radius 3 is 2.39 bits per heavy atom. The van der Waals surface area contributed by atoms with E-state index >= 15 is 0 Å². The Labute approximate surface area is 138 Å². The van der Waals surface area contributed by atoms with Crippen LogP contribution in [0.25, 0.3) is 0 Å². The van der Waals surface area contributed by atoms with Crippen molar-refractivity contribution in [1.82, 2.24) is 0 Å². The van der Waals surface area contributed by atoms with Gasteiger partial charge in [0.1, 0.15) is 0 Å². The smallest absolute Gasteiger partial charge is 0.381 e. The zero-order valence-corrected chi connectivity index (χ0v) is 14.3. The Kier molecular flexibility index (Phi) is 6.34. The Balaban J connectivity index is 2.90. The third kappa shape index (κ3) is 5.26. The van der Waals surface area contributed by atoms with E-state index in [2.05, 4.69) is 5.32 Å². The lowest BCUT2D eigenvalue weighted by atomic mass is 10.1. The van der Waals surface area contributed by atoms with Crippen molar-refractivity contribution in [2.75, 3.05) is 17.6 Å². The maximum atomic E-state index is 12.6. The van der Waals surface area contributed by atoms with E-state index in [1.165, 1.54) is 18.2 Å². The number of benzene rings is 1. The van der Waals surface area contributed by atoms with Crippen LogP contribution in [0.1, 0.15) is 26.7 Å². The maximum Gasteiger partial charge on any atom is 0.418 e. The highest BCUT2D eigenvalue weighted by Gasteiger charge is 2.49. The summed E-state index contributed by atoms with van der Waals surface area (Å²) in [5.74, 6) is -0.0185. The minimum atomic E-state index is -4.80. The molecule has 0 fully saturated rings. The van der Waals surface area contributed by atoms with Crippen molar-refractivity contribution in [3.8, 4) is 0 Å². The molecule has 0 unspecified atom stereocenters. The first-order chi connectivity index (χ1) is 10.4. The number of hydrogen-bond acceptors (Lipinski definition) is 4. The first-order valence-electron chi connectivity index (χ1n) is 6.96. The van der Waals surface area contributed by atoms with E-state index in [0.717, 1.165) is 6.42 Å². The fourth-order valence-corrected chi connectivity index (χ4v) is 3.44. The number of anilines is 1. The standard InChI is InChI=1S/C14H19ClF3NO3S/c1-3-4-7-23(21,22)10-5-6-12(11(15)8-10)19-9-13(2,20)14(16,17)18/h5-6,8,19-20H,3-4,7,9H2,1-2H3/t13-/m1/s1. The molecule has 0 spiro atoms. The Morgan fingerprint density at radius 1 is 1.30 bits per heavy atom. The fourth-order valence-electron chi connectivity index (χ4n) is 1.65. The molecule has 0 bridgehead atoms. The molecule has 1 aromatic rings. The maximum absolute atomic E-state index is 12.6. The topological polar surface area (TPSA) is 66.4 Å². The van der Waals surface area contributed by atoms with Crippen LogP contribution in [0.3, 0.4) is 0 Å². The van der Waals surface area contributed by atoms with E-state index in [4.69, 9.17) is 11.6 Å². The summed E-state index contributed by atoms with van der Waals surface area (Å²) in [4.78, 5) is 0.0177. The van der Waals surface area contributed by atoms with Crippen LogP contribution >= 0.6 is 11.6 Å². The summed E-state index contributed by atoms with van der Waals surface area (Å²) in [6.45, 7) is 1.69. The number of aliphatic hydroxyl groups is 1. The molecule has 4 nitrogen and oxygen atoms in total. The van der Waals surface area contributed by atoms with Gasteiger partial charge in [-0.1, -0.05) is 24.9 Å². The molecule has 0 aliphatic rings. The summed E-state index contributed by atoms with van der Waals surface area (Å²) >= 11 is 5.92. The molecular formula is C14H19ClF3NO3S. The van der Waals surface area contributed by atoms with Crippen LogP contribution in [0, 0.1) is 0 Å². The lowest BCUT2D eigenvalue weighted by Crippen LogP contribution is -2.47. The van der Waals surface area contributed by atoms with Gasteiger partial charge in [-0.3, -0.25) is 0 Å². The molecule has 0 heterocycles. The molecule has 1 rings (SSSR count). The second kappa shape index (κ2) is 7.27. The number of unbranched alkanes of at least 4 members (excludes halogenated alkanes) is 1. The van der Waals surface area contributed by atoms with E-state index in [1.54, 1.807) is 0 Å². The lowest BCUT2D eigenvalue weighted by Gasteiger charge is -2.27. The molecular weight excluding hydrogens is 355 g/mol. The number of halogens is 4. The first kappa shape index (κ1) is 20.1. The number of nitrogens with one attached hydrogen (secondary N) is 1. The predicted octanol–water partition coefficient (Wildman–Crippen LogP) is 3.64. The molecule has 0 aliphatic carbocycles. The number of rotatable bonds is 7. The normalized spacial score (nSPS) is 15.3. The van der Waals surface area contributed by atoms with Crippen molar-refractivity contribution in [3.05, 3.63) is 23.2 Å². The third-order valence-corrected chi connectivity index (χ3v) is 5.41. The minimum absolute atomic E-state index is 0.0177. The highest BCUT2D eigenvalue weighted by atomic mass is 35.5. The van der Waals surface area contributed by atoms with Gasteiger partial charge in [0, 0.05) is 0 Å². The average Bonchev–Trinajstić information content (AvgIpc) is 2.42. The summed E-state index contributed by atoms with van der Waals surface area (Å²) < 4.78 is 61.8. The summed E-state index contributed by atoms with van der Waals surface area (Å²) in [7, 11) is -3.47. The molecule has 9 heteroatoms. The molecule has 0 aliphatic heterocycles. The van der Waals surface area contributed by atoms with Gasteiger partial charge >= 0.3 is 6.18 Å². The quantitative estimate of drug-likeness (QED) is 0.765. The summed E-state index contributed by atoms with van der Waals surface area (Å²) in [6, 6.07) is 3.76. The monoisotopic (exact) mass is 373 g/mol. The molecule has 0 saturated carbocycles. The van der Waals surface area contributed by atoms with Crippen LogP contribution in [0.5, 0.6) is 0 Å². The molecule has 0 saturated heterocycles. The van der Waals surface area contributed by atoms with E-state index in [0.29, 0.717) is 13.3 Å². The molecule has 0 amide bonds. The van der Waals surface area contributed by atoms with Gasteiger partial charge in [0.2, 0.25) is 0 Å². The van der Waals surface area contributed by atoms with Gasteiger partial charge in [0.25, 0.3) is 0 Å². The minimum Gasteiger partial charge on any atom is -0.381 e. The van der Waals surface area contributed by atoms with E-state index in [-0.39, 0.29) is 21.4 Å². The van der Waals surface area contributed by atoms with Crippen LogP contribution < -0.4 is 5.32 Å². The van der Waals surface area contributed by atoms with E-state index in [1.807, 2.05) is 6.92 Å². The predicted molar refractivity (Wildman–Crippen MR) is 83.6 cm³/mol. The fraction of sp³-hybridized carbons (Fsp3) is 0.571. The Bertz CT molecular complexity index is 645. The second-order valence-corrected chi connectivity index (χ2v) is 7.96. The van der Waals surface area contributed by atoms with Crippen LogP contribution in [-0.2, 0) is 9.84 Å². The van der Waals surface area contributed by atoms with Gasteiger partial charge < -0.3 is 10.4 Å². The van der Waals surface area contributed by atoms with Crippen molar-refractivity contribution < 1.29 is 26.7 Å². The third-order valence-electron chi connectivity index (χ3n) is 3.30. The Morgan fingerprint density at radius 2 is 1.91 bits per heavy atom. The van der Waals surface area contributed by atoms with Gasteiger partial charge in [-0.15, -0.1) is 0 Å². The molecule has 23 heavy (non-hydrogen) atoms.